The molecular formula is HLiMoO3. The molecule has 5 heavy (non-hydrogen) atoms. The molecule has 0 heterocycles. The summed E-state index contributed by atoms with van der Waals surface area (Å²) in [6.07, 6.45) is 0. The van der Waals surface area contributed by atoms with E-state index in [-0.39, 0.29) is 20.3 Å². The second kappa shape index (κ2) is 4.69. The van der Waals surface area contributed by atoms with E-state index >= 15 is 0 Å². The van der Waals surface area contributed by atoms with Gasteiger partial charge in [-0.05, 0) is 0 Å². The first kappa shape index (κ1) is 9.19. The maximum absolute atomic E-state index is 8.59. The molecule has 5 heteroatoms. The molecule has 0 bridgehead atoms. The number of rotatable bonds is 0. The van der Waals surface area contributed by atoms with Crippen molar-refractivity contribution >= 4 is 0 Å². The van der Waals surface area contributed by atoms with Crippen molar-refractivity contribution in [2.24, 2.45) is 0 Å². The van der Waals surface area contributed by atoms with Gasteiger partial charge in [-0.1, -0.05) is 0 Å². The predicted octanol–water partition coefficient (Wildman–Crippen LogP) is -3.24. The molecule has 0 N–H and O–H groups in total. The summed E-state index contributed by atoms with van der Waals surface area (Å²) >= 11 is -4.11. The molecule has 0 fully saturated rings. The van der Waals surface area contributed by atoms with Gasteiger partial charge in [-0.15, -0.1) is 0 Å². The fourth-order valence-electron chi connectivity index (χ4n) is 0. The van der Waals surface area contributed by atoms with Gasteiger partial charge in [-0.2, -0.15) is 0 Å². The van der Waals surface area contributed by atoms with Crippen molar-refractivity contribution in [3.63, 3.8) is 0 Å². The van der Waals surface area contributed by atoms with Crippen LogP contribution in [0.1, 0.15) is 1.43 Å². The van der Waals surface area contributed by atoms with E-state index in [2.05, 4.69) is 0 Å². The van der Waals surface area contributed by atoms with Crippen molar-refractivity contribution in [2.75, 3.05) is 0 Å². The zero-order valence-electron chi connectivity index (χ0n) is 3.63. The monoisotopic (exact) mass is 154 g/mol. The Labute approximate surface area is 47.9 Å². The fraction of sp³-hybridized carbons (Fsp3) is 0. The molecule has 0 aromatic heterocycles. The fourth-order valence-corrected chi connectivity index (χ4v) is 0. The maximum atomic E-state index is 8.59. The summed E-state index contributed by atoms with van der Waals surface area (Å²) in [7, 11) is 0. The van der Waals surface area contributed by atoms with Crippen molar-refractivity contribution in [3.8, 4) is 0 Å². The second-order valence-corrected chi connectivity index (χ2v) is 1.21. The number of hydrogen-bond acceptors (Lipinski definition) is 3. The van der Waals surface area contributed by atoms with Gasteiger partial charge in [0.2, 0.25) is 0 Å². The van der Waals surface area contributed by atoms with Crippen LogP contribution in [-0.4, -0.2) is 0 Å². The molecule has 0 aromatic carbocycles. The molecule has 0 aromatic rings. The second-order valence-electron chi connectivity index (χ2n) is 0.204. The molecular weight excluding hydrogens is 151 g/mol. The molecule has 26 valence electrons. The molecule has 0 rings (SSSR count). The first-order valence-electron chi connectivity index (χ1n) is 0.500. The van der Waals surface area contributed by atoms with E-state index in [0.717, 1.165) is 0 Å². The van der Waals surface area contributed by atoms with Crippen molar-refractivity contribution < 1.29 is 47.7 Å². The van der Waals surface area contributed by atoms with E-state index in [4.69, 9.17) is 10.2 Å². The molecule has 0 saturated carbocycles. The van der Waals surface area contributed by atoms with Crippen molar-refractivity contribution in [2.45, 2.75) is 0 Å². The SMILES string of the molecule is [H-].[Li+].[O]=[Mo](=[O])=[O]. The molecule has 0 unspecified atom stereocenters. The van der Waals surface area contributed by atoms with E-state index in [1.54, 1.807) is 0 Å². The van der Waals surface area contributed by atoms with Gasteiger partial charge in [0.05, 0.1) is 0 Å². The van der Waals surface area contributed by atoms with Gasteiger partial charge in [-0.25, -0.2) is 0 Å². The zero-order chi connectivity index (χ0) is 3.58. The van der Waals surface area contributed by atoms with Crippen LogP contribution in [-0.2, 0) is 27.4 Å². The van der Waals surface area contributed by atoms with Crippen LogP contribution in [0.15, 0.2) is 0 Å². The first-order chi connectivity index (χ1) is 1.73. The van der Waals surface area contributed by atoms with Crippen LogP contribution in [0.5, 0.6) is 0 Å². The van der Waals surface area contributed by atoms with Crippen LogP contribution >= 0.6 is 0 Å². The third kappa shape index (κ3) is 71.9. The van der Waals surface area contributed by atoms with Gasteiger partial charge in [0.15, 0.2) is 0 Å². The van der Waals surface area contributed by atoms with Gasteiger partial charge >= 0.3 is 46.3 Å². The Hall–Kier alpha value is 0.686. The van der Waals surface area contributed by atoms with Gasteiger partial charge in [0.25, 0.3) is 0 Å². The van der Waals surface area contributed by atoms with Crippen LogP contribution in [0.2, 0.25) is 0 Å². The molecule has 0 aliphatic heterocycles. The molecule has 0 radical (unpaired) electrons. The summed E-state index contributed by atoms with van der Waals surface area (Å²) in [5.74, 6) is 0. The Morgan fingerprint density at radius 2 is 1.20 bits per heavy atom. The average molecular weight is 152 g/mol. The standard InChI is InChI=1S/Li.Mo.3O.H/q+1;;;;;-1. The Morgan fingerprint density at radius 1 is 1.20 bits per heavy atom. The molecule has 0 amide bonds. The molecule has 3 nitrogen and oxygen atoms in total. The third-order valence-corrected chi connectivity index (χ3v) is 0. The zero-order valence-corrected chi connectivity index (χ0v) is 4.64. The Morgan fingerprint density at radius 3 is 1.20 bits per heavy atom. The molecule has 0 aliphatic carbocycles. The quantitative estimate of drug-likeness (QED) is 0.342. The van der Waals surface area contributed by atoms with Crippen LogP contribution in [0.3, 0.4) is 0 Å². The van der Waals surface area contributed by atoms with E-state index in [9.17, 15) is 0 Å². The minimum atomic E-state index is -4.11. The van der Waals surface area contributed by atoms with E-state index in [1.807, 2.05) is 0 Å². The van der Waals surface area contributed by atoms with Crippen molar-refractivity contribution in [3.05, 3.63) is 0 Å². The Kier molecular flexibility index (Phi) is 8.61. The van der Waals surface area contributed by atoms with Gasteiger partial charge in [0.1, 0.15) is 0 Å². The molecule has 0 saturated heterocycles. The topological polar surface area (TPSA) is 51.2 Å². The third-order valence-electron chi connectivity index (χ3n) is 0. The predicted molar refractivity (Wildman–Crippen MR) is 3.17 cm³/mol. The van der Waals surface area contributed by atoms with Gasteiger partial charge in [0, 0.05) is 0 Å². The first-order valence-corrected chi connectivity index (χ1v) is 2.96. The average Bonchev–Trinajstić information content (AvgIpc) is 0.811. The van der Waals surface area contributed by atoms with E-state index in [0.29, 0.717) is 0 Å². The van der Waals surface area contributed by atoms with Gasteiger partial charge < -0.3 is 1.43 Å². The normalized spacial score (nSPS) is 4.80. The van der Waals surface area contributed by atoms with Crippen LogP contribution in [0.4, 0.5) is 0 Å². The summed E-state index contributed by atoms with van der Waals surface area (Å²) < 4.78 is 25.8. The molecule has 0 atom stereocenters. The summed E-state index contributed by atoms with van der Waals surface area (Å²) in [6.45, 7) is 0. The Bertz CT molecular complexity index is 80.2. The molecule has 0 spiro atoms. The summed E-state index contributed by atoms with van der Waals surface area (Å²) in [4.78, 5) is 0. The molecule has 0 aliphatic rings. The Balaban J connectivity index is -0.0000000450. The van der Waals surface area contributed by atoms with E-state index in [1.165, 1.54) is 0 Å². The summed E-state index contributed by atoms with van der Waals surface area (Å²) in [6, 6.07) is 0. The number of hydrogen-bond donors (Lipinski definition) is 0. The summed E-state index contributed by atoms with van der Waals surface area (Å²) in [5.41, 5.74) is 0. The van der Waals surface area contributed by atoms with Crippen LogP contribution < -0.4 is 18.9 Å². The van der Waals surface area contributed by atoms with Crippen LogP contribution in [0.25, 0.3) is 0 Å². The van der Waals surface area contributed by atoms with Crippen molar-refractivity contribution in [1.29, 1.82) is 0 Å². The summed E-state index contributed by atoms with van der Waals surface area (Å²) in [5, 5.41) is 0. The van der Waals surface area contributed by atoms with Crippen LogP contribution in [0, 0.1) is 0 Å². The van der Waals surface area contributed by atoms with E-state index < -0.39 is 17.2 Å². The minimum absolute atomic E-state index is 0. The van der Waals surface area contributed by atoms with Gasteiger partial charge in [-0.3, -0.25) is 0 Å². The van der Waals surface area contributed by atoms with Crippen molar-refractivity contribution in [1.82, 2.24) is 0 Å².